The Bertz CT molecular complexity index is 3520. The average molecular weight is 822 g/mol. The number of benzene rings is 10. The summed E-state index contributed by atoms with van der Waals surface area (Å²) in [5, 5.41) is 10.0. The highest BCUT2D eigenvalue weighted by Crippen LogP contribution is 2.47. The number of furan rings is 1. The normalized spacial score (nSPS) is 13.8. The lowest BCUT2D eigenvalue weighted by molar-refractivity contribution is 0.662. The lowest BCUT2D eigenvalue weighted by Crippen LogP contribution is -2.15. The van der Waals surface area contributed by atoms with Crippen LogP contribution in [0.15, 0.2) is 192 Å². The second-order valence-electron chi connectivity index (χ2n) is 18.0. The van der Waals surface area contributed by atoms with E-state index in [0.29, 0.717) is 0 Å². The smallest absolute Gasteiger partial charge is 0.137 e. The van der Waals surface area contributed by atoms with Gasteiger partial charge in [0.2, 0.25) is 0 Å². The Labute approximate surface area is 374 Å². The summed E-state index contributed by atoms with van der Waals surface area (Å²) in [6.45, 7) is 0. The molecule has 10 aromatic carbocycles. The SMILES string of the molecule is c1ccc(-c2c3c(c(-c4ccc(N(c5ccc(-c6ccc7c8ccccc8c8ccccc8c7c6)cc5)c5ccc6c(c5)oc5ccccc56)cc4)c4c2CCCC4)CCCC3)cc1. The van der Waals surface area contributed by atoms with E-state index in [-0.39, 0.29) is 0 Å². The maximum Gasteiger partial charge on any atom is 0.137 e. The third kappa shape index (κ3) is 6.00. The zero-order valence-corrected chi connectivity index (χ0v) is 35.9. The van der Waals surface area contributed by atoms with Gasteiger partial charge in [-0.2, -0.15) is 0 Å². The molecule has 0 aliphatic heterocycles. The predicted octanol–water partition coefficient (Wildman–Crippen LogP) is 17.3. The molecule has 64 heavy (non-hydrogen) atoms. The molecule has 1 heterocycles. The van der Waals surface area contributed by atoms with Gasteiger partial charge in [-0.15, -0.1) is 0 Å². The van der Waals surface area contributed by atoms with Gasteiger partial charge >= 0.3 is 0 Å². The van der Waals surface area contributed by atoms with E-state index in [2.05, 4.69) is 187 Å². The Morgan fingerprint density at radius 3 is 1.27 bits per heavy atom. The molecule has 0 saturated carbocycles. The summed E-state index contributed by atoms with van der Waals surface area (Å²) in [6.07, 6.45) is 9.68. The van der Waals surface area contributed by atoms with Crippen LogP contribution in [-0.2, 0) is 25.7 Å². The van der Waals surface area contributed by atoms with Gasteiger partial charge in [0, 0.05) is 33.9 Å². The van der Waals surface area contributed by atoms with Crippen LogP contribution in [0.1, 0.15) is 47.9 Å². The molecule has 0 radical (unpaired) electrons. The third-order valence-corrected chi connectivity index (χ3v) is 14.4. The minimum atomic E-state index is 0.893. The van der Waals surface area contributed by atoms with E-state index >= 15 is 0 Å². The molecule has 2 aliphatic rings. The second-order valence-corrected chi connectivity index (χ2v) is 18.0. The number of fused-ring (bicyclic) bond motifs is 11. The van der Waals surface area contributed by atoms with Crippen molar-refractivity contribution in [3.8, 4) is 33.4 Å². The number of anilines is 3. The molecule has 0 fully saturated rings. The monoisotopic (exact) mass is 821 g/mol. The summed E-state index contributed by atoms with van der Waals surface area (Å²) < 4.78 is 6.48. The van der Waals surface area contributed by atoms with Crippen LogP contribution >= 0.6 is 0 Å². The molecule has 13 rings (SSSR count). The van der Waals surface area contributed by atoms with Crippen LogP contribution in [-0.4, -0.2) is 0 Å². The fourth-order valence-corrected chi connectivity index (χ4v) is 11.5. The first kappa shape index (κ1) is 37.2. The Kier molecular flexibility index (Phi) is 8.79. The van der Waals surface area contributed by atoms with Crippen molar-refractivity contribution < 1.29 is 4.42 Å². The van der Waals surface area contributed by atoms with Crippen LogP contribution in [0.2, 0.25) is 0 Å². The van der Waals surface area contributed by atoms with Gasteiger partial charge in [0.05, 0.1) is 0 Å². The van der Waals surface area contributed by atoms with Gasteiger partial charge in [-0.1, -0.05) is 133 Å². The predicted molar refractivity (Wildman–Crippen MR) is 271 cm³/mol. The molecule has 0 saturated heterocycles. The van der Waals surface area contributed by atoms with E-state index in [0.717, 1.165) is 51.8 Å². The Morgan fingerprint density at radius 2 is 0.688 bits per heavy atom. The van der Waals surface area contributed by atoms with Crippen LogP contribution in [0, 0.1) is 0 Å². The average Bonchev–Trinajstić information content (AvgIpc) is 3.74. The zero-order chi connectivity index (χ0) is 42.1. The molecule has 2 aliphatic carbocycles. The van der Waals surface area contributed by atoms with Crippen LogP contribution in [0.3, 0.4) is 0 Å². The van der Waals surface area contributed by atoms with E-state index in [1.807, 2.05) is 6.07 Å². The van der Waals surface area contributed by atoms with Crippen LogP contribution in [0.25, 0.3) is 87.6 Å². The summed E-state index contributed by atoms with van der Waals surface area (Å²) in [6, 6.07) is 69.5. The van der Waals surface area contributed by atoms with Crippen molar-refractivity contribution in [1.82, 2.24) is 0 Å². The highest BCUT2D eigenvalue weighted by atomic mass is 16.3. The summed E-state index contributed by atoms with van der Waals surface area (Å²) in [5.41, 5.74) is 19.7. The summed E-state index contributed by atoms with van der Waals surface area (Å²) in [4.78, 5) is 2.39. The summed E-state index contributed by atoms with van der Waals surface area (Å²) >= 11 is 0. The molecule has 0 amide bonds. The molecule has 2 heteroatoms. The van der Waals surface area contributed by atoms with Crippen LogP contribution < -0.4 is 4.90 Å². The van der Waals surface area contributed by atoms with Gasteiger partial charge in [-0.3, -0.25) is 0 Å². The van der Waals surface area contributed by atoms with Gasteiger partial charge in [0.15, 0.2) is 0 Å². The van der Waals surface area contributed by atoms with E-state index in [4.69, 9.17) is 4.42 Å². The highest BCUT2D eigenvalue weighted by molar-refractivity contribution is 6.25. The van der Waals surface area contributed by atoms with Crippen molar-refractivity contribution >= 4 is 71.3 Å². The van der Waals surface area contributed by atoms with Gasteiger partial charge < -0.3 is 9.32 Å². The number of hydrogen-bond donors (Lipinski definition) is 0. The molecule has 2 nitrogen and oxygen atoms in total. The third-order valence-electron chi connectivity index (χ3n) is 14.4. The molecular formula is C62H47NO. The fraction of sp³-hybridized carbons (Fsp3) is 0.129. The topological polar surface area (TPSA) is 16.4 Å². The van der Waals surface area contributed by atoms with Gasteiger partial charge in [0.1, 0.15) is 11.2 Å². The minimum absolute atomic E-state index is 0.893. The van der Waals surface area contributed by atoms with Crippen molar-refractivity contribution in [1.29, 1.82) is 0 Å². The fourth-order valence-electron chi connectivity index (χ4n) is 11.5. The van der Waals surface area contributed by atoms with Gasteiger partial charge in [0.25, 0.3) is 0 Å². The molecule has 0 atom stereocenters. The van der Waals surface area contributed by atoms with Crippen molar-refractivity contribution in [3.05, 3.63) is 210 Å². The summed E-state index contributed by atoms with van der Waals surface area (Å²) in [5.74, 6) is 0. The molecular weight excluding hydrogens is 775 g/mol. The minimum Gasteiger partial charge on any atom is -0.456 e. The Morgan fingerprint density at radius 1 is 0.281 bits per heavy atom. The largest absolute Gasteiger partial charge is 0.456 e. The maximum atomic E-state index is 6.48. The van der Waals surface area contributed by atoms with E-state index < -0.39 is 0 Å². The molecule has 306 valence electrons. The first-order valence-electron chi connectivity index (χ1n) is 23.3. The van der Waals surface area contributed by atoms with Crippen molar-refractivity contribution in [2.45, 2.75) is 51.4 Å². The van der Waals surface area contributed by atoms with Crippen molar-refractivity contribution in [2.24, 2.45) is 0 Å². The quantitative estimate of drug-likeness (QED) is 0.155. The van der Waals surface area contributed by atoms with E-state index in [9.17, 15) is 0 Å². The molecule has 0 spiro atoms. The zero-order valence-electron chi connectivity index (χ0n) is 35.9. The van der Waals surface area contributed by atoms with E-state index in [1.54, 1.807) is 27.8 Å². The molecule has 1 aromatic heterocycles. The van der Waals surface area contributed by atoms with Gasteiger partial charge in [-0.05, 0) is 188 Å². The molecule has 0 unspecified atom stereocenters. The lowest BCUT2D eigenvalue weighted by Gasteiger charge is -2.32. The number of hydrogen-bond acceptors (Lipinski definition) is 2. The molecule has 0 bridgehead atoms. The summed E-state index contributed by atoms with van der Waals surface area (Å²) in [7, 11) is 0. The number of nitrogens with zero attached hydrogens (tertiary/aromatic N) is 1. The Balaban J connectivity index is 0.933. The van der Waals surface area contributed by atoms with Crippen LogP contribution in [0.5, 0.6) is 0 Å². The van der Waals surface area contributed by atoms with Crippen molar-refractivity contribution in [2.75, 3.05) is 4.90 Å². The highest BCUT2D eigenvalue weighted by Gasteiger charge is 2.28. The first-order valence-corrected chi connectivity index (χ1v) is 23.3. The molecule has 11 aromatic rings. The number of para-hydroxylation sites is 1. The van der Waals surface area contributed by atoms with Crippen LogP contribution in [0.4, 0.5) is 17.1 Å². The van der Waals surface area contributed by atoms with Gasteiger partial charge in [-0.25, -0.2) is 0 Å². The second kappa shape index (κ2) is 15.1. The first-order chi connectivity index (χ1) is 31.7. The number of rotatable bonds is 6. The maximum absolute atomic E-state index is 6.48. The standard InChI is InChI=1S/C62H47NO/c1-2-14-41(15-3-1)61-54-21-8-10-23-56(54)62(57-24-11-9-22-55(57)61)42-28-33-45(34-29-42)63(46-35-37-53-52-20-12-13-25-59(52)64-60(53)39-46)44-31-26-40(27-32-44)43-30-36-51-49-18-5-4-16-47(49)48-17-6-7-19-50(48)58(51)38-43/h1-7,12-20,25-39H,8-11,21-24H2. The van der Waals surface area contributed by atoms with Crippen molar-refractivity contribution in [3.63, 3.8) is 0 Å². The molecule has 0 N–H and O–H groups in total. The lowest BCUT2D eigenvalue weighted by atomic mass is 9.73. The Hall–Kier alpha value is -7.42. The van der Waals surface area contributed by atoms with E-state index in [1.165, 1.54) is 98.7 Å².